The van der Waals surface area contributed by atoms with Gasteiger partial charge in [0.05, 0.1) is 7.11 Å². The zero-order valence-electron chi connectivity index (χ0n) is 20.7. The Morgan fingerprint density at radius 2 is 1.60 bits per heavy atom. The smallest absolute Gasteiger partial charge is 0.305 e. The van der Waals surface area contributed by atoms with Crippen LogP contribution >= 0.6 is 11.8 Å². The van der Waals surface area contributed by atoms with E-state index in [1.807, 2.05) is 18.2 Å². The number of ether oxygens (including phenoxy) is 2. The number of benzene rings is 1. The van der Waals surface area contributed by atoms with Gasteiger partial charge in [0, 0.05) is 35.9 Å². The van der Waals surface area contributed by atoms with Crippen LogP contribution in [0.2, 0.25) is 0 Å². The lowest BCUT2D eigenvalue weighted by atomic mass is 10.1. The molecule has 192 valence electrons. The van der Waals surface area contributed by atoms with Gasteiger partial charge < -0.3 is 19.9 Å². The molecule has 0 saturated carbocycles. The molecular weight excluding hydrogens is 464 g/mol. The Labute approximate surface area is 213 Å². The third-order valence-electron chi connectivity index (χ3n) is 5.52. The molecule has 35 heavy (non-hydrogen) atoms. The lowest BCUT2D eigenvalue weighted by Gasteiger charge is -2.08. The highest BCUT2D eigenvalue weighted by molar-refractivity contribution is 7.99. The molecule has 0 radical (unpaired) electrons. The monoisotopic (exact) mass is 502 g/mol. The molecule has 2 N–H and O–H groups in total. The first kappa shape index (κ1) is 28.5. The van der Waals surface area contributed by atoms with E-state index in [4.69, 9.17) is 9.47 Å². The number of carbonyl (C=O) groups is 2. The number of unbranched alkanes of at least 4 members (excludes halogenated alkanes) is 8. The molecule has 1 amide bonds. The fourth-order valence-corrected chi connectivity index (χ4v) is 4.34. The molecule has 8 heteroatoms. The first-order chi connectivity index (χ1) is 17.1. The number of rotatable bonds is 18. The molecule has 1 aromatic heterocycles. The van der Waals surface area contributed by atoms with Crippen molar-refractivity contribution in [3.05, 3.63) is 48.3 Å². The molecule has 0 aliphatic heterocycles. The van der Waals surface area contributed by atoms with E-state index in [9.17, 15) is 14.7 Å². The third-order valence-corrected chi connectivity index (χ3v) is 6.50. The summed E-state index contributed by atoms with van der Waals surface area (Å²) in [5, 5.41) is 12.8. The number of nitrogens with one attached hydrogen (secondary N) is 1. The minimum atomic E-state index is -0.392. The summed E-state index contributed by atoms with van der Waals surface area (Å²) < 4.78 is 10.3. The molecule has 2 aromatic rings. The molecule has 7 nitrogen and oxygen atoms in total. The van der Waals surface area contributed by atoms with Crippen molar-refractivity contribution in [1.29, 1.82) is 0 Å². The Morgan fingerprint density at radius 1 is 0.943 bits per heavy atom. The molecule has 2 rings (SSSR count). The van der Waals surface area contributed by atoms with Crippen molar-refractivity contribution < 1.29 is 24.2 Å². The standard InChI is InChI=1S/C27H38N2O5S/c1-33-23-17-19-28-25(26(23)31)27(32)29-18-13-8-6-4-2-3-5-7-12-16-24(30)34-20-21-35-22-14-10-9-11-15-22/h9-11,14-15,17,19,31H,2-8,12-13,16,18,20-21H2,1H3,(H,29,32). The van der Waals surface area contributed by atoms with Crippen molar-refractivity contribution in [2.75, 3.05) is 26.0 Å². The fourth-order valence-electron chi connectivity index (χ4n) is 3.59. The number of carbonyl (C=O) groups excluding carboxylic acids is 2. The first-order valence-electron chi connectivity index (χ1n) is 12.5. The fraction of sp³-hybridized carbons (Fsp3) is 0.519. The van der Waals surface area contributed by atoms with Crippen LogP contribution in [0.15, 0.2) is 47.5 Å². The zero-order valence-corrected chi connectivity index (χ0v) is 21.5. The quantitative estimate of drug-likeness (QED) is 0.152. The van der Waals surface area contributed by atoms with E-state index in [0.29, 0.717) is 19.6 Å². The number of methoxy groups -OCH3 is 1. The lowest BCUT2D eigenvalue weighted by Crippen LogP contribution is -2.25. The second-order valence-corrected chi connectivity index (χ2v) is 9.45. The average Bonchev–Trinajstić information content (AvgIpc) is 2.88. The van der Waals surface area contributed by atoms with Crippen molar-refractivity contribution in [3.63, 3.8) is 0 Å². The second-order valence-electron chi connectivity index (χ2n) is 8.28. The van der Waals surface area contributed by atoms with Gasteiger partial charge >= 0.3 is 5.97 Å². The number of hydrogen-bond donors (Lipinski definition) is 2. The maximum absolute atomic E-state index is 12.1. The van der Waals surface area contributed by atoms with Crippen LogP contribution in [-0.2, 0) is 9.53 Å². The van der Waals surface area contributed by atoms with E-state index >= 15 is 0 Å². The first-order valence-corrected chi connectivity index (χ1v) is 13.4. The molecule has 0 aliphatic carbocycles. The van der Waals surface area contributed by atoms with Crippen LogP contribution in [0.5, 0.6) is 11.5 Å². The molecule has 1 aromatic carbocycles. The maximum Gasteiger partial charge on any atom is 0.305 e. The minimum Gasteiger partial charge on any atom is -0.503 e. The summed E-state index contributed by atoms with van der Waals surface area (Å²) in [7, 11) is 1.43. The van der Waals surface area contributed by atoms with Crippen LogP contribution in [0.4, 0.5) is 0 Å². The van der Waals surface area contributed by atoms with Crippen molar-refractivity contribution in [1.82, 2.24) is 10.3 Å². The topological polar surface area (TPSA) is 97.8 Å². The van der Waals surface area contributed by atoms with E-state index in [0.717, 1.165) is 44.3 Å². The van der Waals surface area contributed by atoms with Crippen molar-refractivity contribution in [3.8, 4) is 11.5 Å². The summed E-state index contributed by atoms with van der Waals surface area (Å²) in [5.74, 6) is 0.297. The van der Waals surface area contributed by atoms with Crippen molar-refractivity contribution in [2.45, 2.75) is 69.1 Å². The van der Waals surface area contributed by atoms with Crippen molar-refractivity contribution >= 4 is 23.6 Å². The summed E-state index contributed by atoms with van der Waals surface area (Å²) in [6, 6.07) is 11.6. The number of aromatic hydroxyl groups is 1. The highest BCUT2D eigenvalue weighted by Gasteiger charge is 2.15. The van der Waals surface area contributed by atoms with Gasteiger partial charge in [0.15, 0.2) is 17.2 Å². The predicted octanol–water partition coefficient (Wildman–Crippen LogP) is 5.76. The molecule has 1 heterocycles. The van der Waals surface area contributed by atoms with Crippen LogP contribution in [0.25, 0.3) is 0 Å². The molecule has 0 saturated heterocycles. The summed E-state index contributed by atoms with van der Waals surface area (Å²) in [6.07, 6.45) is 11.7. The lowest BCUT2D eigenvalue weighted by molar-refractivity contribution is -0.143. The van der Waals surface area contributed by atoms with E-state index in [2.05, 4.69) is 22.4 Å². The predicted molar refractivity (Wildman–Crippen MR) is 139 cm³/mol. The van der Waals surface area contributed by atoms with Gasteiger partial charge in [-0.3, -0.25) is 9.59 Å². The summed E-state index contributed by atoms with van der Waals surface area (Å²) >= 11 is 1.70. The zero-order chi connectivity index (χ0) is 25.1. The second kappa shape index (κ2) is 17.7. The average molecular weight is 503 g/mol. The van der Waals surface area contributed by atoms with Gasteiger partial charge in [-0.15, -0.1) is 11.8 Å². The van der Waals surface area contributed by atoms with Gasteiger partial charge in [-0.2, -0.15) is 0 Å². The van der Waals surface area contributed by atoms with Gasteiger partial charge in [-0.05, 0) is 25.0 Å². The normalized spacial score (nSPS) is 10.7. The number of esters is 1. The van der Waals surface area contributed by atoms with Crippen LogP contribution in [0, 0.1) is 0 Å². The van der Waals surface area contributed by atoms with E-state index in [1.54, 1.807) is 11.8 Å². The maximum atomic E-state index is 12.1. The summed E-state index contributed by atoms with van der Waals surface area (Å²) in [4.78, 5) is 29.1. The van der Waals surface area contributed by atoms with Crippen LogP contribution in [0.1, 0.15) is 74.7 Å². The van der Waals surface area contributed by atoms with Gasteiger partial charge in [0.2, 0.25) is 0 Å². The van der Waals surface area contributed by atoms with Crippen molar-refractivity contribution in [2.24, 2.45) is 0 Å². The Morgan fingerprint density at radius 3 is 2.29 bits per heavy atom. The number of thioether (sulfide) groups is 1. The Hall–Kier alpha value is -2.74. The SMILES string of the molecule is COc1ccnc(C(=O)NCCCCCCCCCCCC(=O)OCCSc2ccccc2)c1O. The third kappa shape index (κ3) is 12.0. The number of aromatic nitrogens is 1. The molecule has 0 fully saturated rings. The highest BCUT2D eigenvalue weighted by atomic mass is 32.2. The largest absolute Gasteiger partial charge is 0.503 e. The van der Waals surface area contributed by atoms with Crippen LogP contribution < -0.4 is 10.1 Å². The number of hydrogen-bond acceptors (Lipinski definition) is 7. The molecule has 0 spiro atoms. The van der Waals surface area contributed by atoms with E-state index < -0.39 is 5.91 Å². The molecule has 0 aliphatic rings. The molecule has 0 unspecified atom stereocenters. The summed E-state index contributed by atoms with van der Waals surface area (Å²) in [5.41, 5.74) is -0.0142. The minimum absolute atomic E-state index is 0.0142. The Kier molecular flexibility index (Phi) is 14.4. The number of amides is 1. The van der Waals surface area contributed by atoms with E-state index in [-0.39, 0.29) is 23.2 Å². The molecule has 0 bridgehead atoms. The molecular formula is C27H38N2O5S. The van der Waals surface area contributed by atoms with E-state index in [1.165, 1.54) is 43.5 Å². The van der Waals surface area contributed by atoms with Crippen LogP contribution in [0.3, 0.4) is 0 Å². The number of pyridine rings is 1. The van der Waals surface area contributed by atoms with Gasteiger partial charge in [0.25, 0.3) is 5.91 Å². The Bertz CT molecular complexity index is 879. The summed E-state index contributed by atoms with van der Waals surface area (Å²) in [6.45, 7) is 1.01. The van der Waals surface area contributed by atoms with Gasteiger partial charge in [-0.25, -0.2) is 4.98 Å². The highest BCUT2D eigenvalue weighted by Crippen LogP contribution is 2.27. The van der Waals surface area contributed by atoms with Gasteiger partial charge in [0.1, 0.15) is 6.61 Å². The number of nitrogens with zero attached hydrogens (tertiary/aromatic N) is 1. The van der Waals surface area contributed by atoms with Crippen LogP contribution in [-0.4, -0.2) is 48.0 Å². The molecule has 0 atom stereocenters. The Balaban J connectivity index is 1.36. The van der Waals surface area contributed by atoms with Gasteiger partial charge in [-0.1, -0.05) is 63.1 Å².